The van der Waals surface area contributed by atoms with Crippen molar-refractivity contribution >= 4 is 28.9 Å². The Kier molecular flexibility index (Phi) is 8.22. The number of thiazole rings is 1. The number of nitrogens with one attached hydrogen (secondary N) is 1. The van der Waals surface area contributed by atoms with Crippen molar-refractivity contribution in [3.05, 3.63) is 46.2 Å². The Bertz CT molecular complexity index is 876. The van der Waals surface area contributed by atoms with Gasteiger partial charge in [0.15, 0.2) is 5.96 Å². The van der Waals surface area contributed by atoms with Crippen LogP contribution < -0.4 is 10.2 Å². The second-order valence-corrected chi connectivity index (χ2v) is 8.61. The summed E-state index contributed by atoms with van der Waals surface area (Å²) in [5.74, 6) is 0.667. The van der Waals surface area contributed by atoms with Crippen LogP contribution in [0.3, 0.4) is 0 Å². The van der Waals surface area contributed by atoms with Crippen LogP contribution in [0.4, 0.5) is 10.1 Å². The van der Waals surface area contributed by atoms with Crippen molar-refractivity contribution in [2.24, 2.45) is 4.99 Å². The average molecular weight is 447 g/mol. The van der Waals surface area contributed by atoms with Gasteiger partial charge in [0.05, 0.1) is 23.8 Å². The van der Waals surface area contributed by atoms with Crippen molar-refractivity contribution in [1.29, 1.82) is 0 Å². The first kappa shape index (κ1) is 23.0. The molecule has 7 nitrogen and oxygen atoms in total. The van der Waals surface area contributed by atoms with Crippen molar-refractivity contribution in [3.8, 4) is 0 Å². The first-order valence-corrected chi connectivity index (χ1v) is 11.5. The first-order chi connectivity index (χ1) is 15.0. The number of carbonyl (C=O) groups is 1. The van der Waals surface area contributed by atoms with Gasteiger partial charge in [-0.25, -0.2) is 9.37 Å². The Morgan fingerprint density at radius 1 is 1.26 bits per heavy atom. The van der Waals surface area contributed by atoms with E-state index in [9.17, 15) is 9.18 Å². The summed E-state index contributed by atoms with van der Waals surface area (Å²) in [4.78, 5) is 27.9. The van der Waals surface area contributed by atoms with Crippen LogP contribution in [-0.4, -0.2) is 73.0 Å². The summed E-state index contributed by atoms with van der Waals surface area (Å²) < 4.78 is 13.1. The summed E-state index contributed by atoms with van der Waals surface area (Å²) in [6, 6.07) is 6.51. The molecule has 168 valence electrons. The quantitative estimate of drug-likeness (QED) is 0.523. The second-order valence-electron chi connectivity index (χ2n) is 7.54. The highest BCUT2D eigenvalue weighted by Crippen LogP contribution is 2.17. The fourth-order valence-electron chi connectivity index (χ4n) is 3.55. The van der Waals surface area contributed by atoms with Gasteiger partial charge >= 0.3 is 0 Å². The van der Waals surface area contributed by atoms with Crippen LogP contribution in [0.25, 0.3) is 0 Å². The van der Waals surface area contributed by atoms with Gasteiger partial charge in [-0.2, -0.15) is 0 Å². The maximum Gasteiger partial charge on any atom is 0.224 e. The molecule has 1 aromatic carbocycles. The number of carbonyl (C=O) groups excluding carboxylic acids is 1. The molecular weight excluding hydrogens is 415 g/mol. The number of aromatic nitrogens is 1. The molecule has 1 aliphatic rings. The molecule has 1 fully saturated rings. The number of halogens is 1. The van der Waals surface area contributed by atoms with E-state index in [1.165, 1.54) is 12.1 Å². The van der Waals surface area contributed by atoms with Gasteiger partial charge in [-0.05, 0) is 38.1 Å². The molecule has 0 unspecified atom stereocenters. The summed E-state index contributed by atoms with van der Waals surface area (Å²) in [6.45, 7) is 8.75. The summed E-state index contributed by atoms with van der Waals surface area (Å²) in [7, 11) is 1.98. The van der Waals surface area contributed by atoms with E-state index < -0.39 is 0 Å². The molecule has 9 heteroatoms. The molecule has 0 aliphatic carbocycles. The zero-order valence-electron chi connectivity index (χ0n) is 18.5. The van der Waals surface area contributed by atoms with E-state index in [2.05, 4.69) is 25.6 Å². The van der Waals surface area contributed by atoms with Crippen LogP contribution >= 0.6 is 11.3 Å². The summed E-state index contributed by atoms with van der Waals surface area (Å²) in [6.07, 6.45) is 0.384. The van der Waals surface area contributed by atoms with Crippen LogP contribution in [0.5, 0.6) is 0 Å². The van der Waals surface area contributed by atoms with Crippen molar-refractivity contribution in [2.75, 3.05) is 51.2 Å². The number of aliphatic imine (C=N–C) groups is 1. The van der Waals surface area contributed by atoms with E-state index in [-0.39, 0.29) is 11.7 Å². The maximum absolute atomic E-state index is 13.1. The summed E-state index contributed by atoms with van der Waals surface area (Å²) >= 11 is 1.64. The number of nitrogens with zero attached hydrogens (tertiary/aromatic N) is 5. The number of hydrogen-bond acceptors (Lipinski definition) is 5. The normalized spacial score (nSPS) is 14.6. The van der Waals surface area contributed by atoms with Gasteiger partial charge in [0.1, 0.15) is 5.82 Å². The lowest BCUT2D eigenvalue weighted by molar-refractivity contribution is -0.131. The zero-order chi connectivity index (χ0) is 22.2. The Balaban J connectivity index is 1.47. The minimum atomic E-state index is -0.234. The highest BCUT2D eigenvalue weighted by atomic mass is 32.1. The summed E-state index contributed by atoms with van der Waals surface area (Å²) in [5.41, 5.74) is 2.01. The van der Waals surface area contributed by atoms with Gasteiger partial charge in [-0.15, -0.1) is 11.3 Å². The number of piperazine rings is 1. The topological polar surface area (TPSA) is 64.1 Å². The zero-order valence-corrected chi connectivity index (χ0v) is 19.3. The molecule has 1 aliphatic heterocycles. The Morgan fingerprint density at radius 3 is 2.58 bits per heavy atom. The third kappa shape index (κ3) is 6.65. The van der Waals surface area contributed by atoms with Crippen molar-refractivity contribution < 1.29 is 9.18 Å². The van der Waals surface area contributed by atoms with E-state index in [1.807, 2.05) is 30.7 Å². The Morgan fingerprint density at radius 2 is 1.97 bits per heavy atom. The van der Waals surface area contributed by atoms with Gasteiger partial charge in [0.25, 0.3) is 0 Å². The SMILES string of the molecule is CCNC(=NCCC(=O)N1CCN(c2ccc(F)cc2)CC1)N(C)Cc1csc(C)n1. The number of rotatable bonds is 7. The van der Waals surface area contributed by atoms with E-state index >= 15 is 0 Å². The van der Waals surface area contributed by atoms with Gasteiger partial charge in [0.2, 0.25) is 5.91 Å². The number of aryl methyl sites for hydroxylation is 1. The minimum Gasteiger partial charge on any atom is -0.368 e. The average Bonchev–Trinajstić information content (AvgIpc) is 3.18. The number of amides is 1. The molecule has 1 amide bonds. The second kappa shape index (κ2) is 11.1. The van der Waals surface area contributed by atoms with E-state index in [0.717, 1.165) is 42.0 Å². The van der Waals surface area contributed by atoms with Crippen molar-refractivity contribution in [2.45, 2.75) is 26.8 Å². The summed E-state index contributed by atoms with van der Waals surface area (Å²) in [5, 5.41) is 6.40. The first-order valence-electron chi connectivity index (χ1n) is 10.6. The van der Waals surface area contributed by atoms with Crippen molar-refractivity contribution in [1.82, 2.24) is 20.1 Å². The van der Waals surface area contributed by atoms with Crippen LogP contribution in [0.15, 0.2) is 34.6 Å². The fraction of sp³-hybridized carbons (Fsp3) is 0.500. The molecule has 0 bridgehead atoms. The fourth-order valence-corrected chi connectivity index (χ4v) is 4.15. The van der Waals surface area contributed by atoms with Crippen molar-refractivity contribution in [3.63, 3.8) is 0 Å². The molecule has 0 spiro atoms. The largest absolute Gasteiger partial charge is 0.368 e. The number of anilines is 1. The predicted octanol–water partition coefficient (Wildman–Crippen LogP) is 2.73. The molecule has 3 rings (SSSR count). The standard InChI is InChI=1S/C22H31FN6OS/c1-4-24-22(27(3)15-19-16-31-17(2)26-19)25-10-9-21(30)29-13-11-28(12-14-29)20-7-5-18(23)6-8-20/h5-8,16H,4,9-15H2,1-3H3,(H,24,25). The highest BCUT2D eigenvalue weighted by molar-refractivity contribution is 7.09. The predicted molar refractivity (Wildman–Crippen MR) is 124 cm³/mol. The number of benzene rings is 1. The van der Waals surface area contributed by atoms with Gasteiger partial charge in [0, 0.05) is 57.3 Å². The maximum atomic E-state index is 13.1. The van der Waals surface area contributed by atoms with E-state index in [4.69, 9.17) is 0 Å². The molecule has 1 aromatic heterocycles. The monoisotopic (exact) mass is 446 g/mol. The molecule has 31 heavy (non-hydrogen) atoms. The smallest absolute Gasteiger partial charge is 0.224 e. The van der Waals surface area contributed by atoms with Crippen LogP contribution in [0, 0.1) is 12.7 Å². The molecule has 2 heterocycles. The molecule has 0 radical (unpaired) electrons. The Hall–Kier alpha value is -2.68. The van der Waals surface area contributed by atoms with Gasteiger partial charge in [-0.1, -0.05) is 0 Å². The molecule has 0 atom stereocenters. The van der Waals surface area contributed by atoms with Crippen LogP contribution in [0.2, 0.25) is 0 Å². The number of guanidine groups is 1. The minimum absolute atomic E-state index is 0.121. The lowest BCUT2D eigenvalue weighted by atomic mass is 10.2. The van der Waals surface area contributed by atoms with Crippen LogP contribution in [-0.2, 0) is 11.3 Å². The van der Waals surface area contributed by atoms with Crippen LogP contribution in [0.1, 0.15) is 24.0 Å². The lowest BCUT2D eigenvalue weighted by Gasteiger charge is -2.36. The third-order valence-electron chi connectivity index (χ3n) is 5.17. The van der Waals surface area contributed by atoms with Gasteiger partial charge in [-0.3, -0.25) is 9.79 Å². The number of hydrogen-bond donors (Lipinski definition) is 1. The Labute approximate surface area is 187 Å². The van der Waals surface area contributed by atoms with E-state index in [1.54, 1.807) is 23.5 Å². The molecule has 1 saturated heterocycles. The molecule has 1 N–H and O–H groups in total. The lowest BCUT2D eigenvalue weighted by Crippen LogP contribution is -2.49. The molecule has 0 saturated carbocycles. The third-order valence-corrected chi connectivity index (χ3v) is 6.00. The van der Waals surface area contributed by atoms with Gasteiger partial charge < -0.3 is 20.0 Å². The molecular formula is C22H31FN6OS. The molecule has 2 aromatic rings. The van der Waals surface area contributed by atoms with E-state index in [0.29, 0.717) is 32.6 Å². The highest BCUT2D eigenvalue weighted by Gasteiger charge is 2.21.